The lowest BCUT2D eigenvalue weighted by Gasteiger charge is -2.10. The van der Waals surface area contributed by atoms with Crippen LogP contribution in [0.15, 0.2) is 29.0 Å². The van der Waals surface area contributed by atoms with Crippen molar-refractivity contribution in [3.05, 3.63) is 39.4 Å². The van der Waals surface area contributed by atoms with Gasteiger partial charge in [0, 0.05) is 11.4 Å². The van der Waals surface area contributed by atoms with E-state index in [2.05, 4.69) is 6.58 Å². The highest BCUT2D eigenvalue weighted by atomic mass is 32.2. The molecule has 0 unspecified atom stereocenters. The molecule has 0 N–H and O–H groups in total. The molecule has 0 bridgehead atoms. The predicted molar refractivity (Wildman–Crippen MR) is 79.1 cm³/mol. The number of carbonyl (C=O) groups is 1. The Morgan fingerprint density at radius 3 is 2.94 bits per heavy atom. The van der Waals surface area contributed by atoms with Gasteiger partial charge in [-0.3, -0.25) is 9.69 Å². The zero-order valence-corrected chi connectivity index (χ0v) is 11.8. The first kappa shape index (κ1) is 12.5. The van der Waals surface area contributed by atoms with E-state index >= 15 is 0 Å². The van der Waals surface area contributed by atoms with E-state index in [1.165, 1.54) is 17.3 Å². The van der Waals surface area contributed by atoms with Crippen molar-refractivity contribution in [3.63, 3.8) is 0 Å². The molecule has 17 heavy (non-hydrogen) atoms. The molecule has 1 amide bonds. The zero-order valence-electron chi connectivity index (χ0n) is 9.30. The number of hydrogen-bond donors (Lipinski definition) is 0. The molecule has 0 spiro atoms. The topological polar surface area (TPSA) is 20.3 Å². The van der Waals surface area contributed by atoms with Crippen molar-refractivity contribution in [1.82, 2.24) is 4.90 Å². The Kier molecular flexibility index (Phi) is 3.81. The fraction of sp³-hybridized carbons (Fsp3) is 0.167. The standard InChI is InChI=1S/C12H11NOS3/c1-3-5-13-11(14)10(17-12(13)15)7-9-8(2)4-6-16-9/h3-4,6-7H,1,5H2,2H3/b10-7+. The molecule has 1 aromatic rings. The third-order valence-corrected chi connectivity index (χ3v) is 4.69. The molecule has 1 aliphatic heterocycles. The molecule has 0 atom stereocenters. The number of hydrogen-bond acceptors (Lipinski definition) is 4. The van der Waals surface area contributed by atoms with Gasteiger partial charge in [-0.25, -0.2) is 0 Å². The minimum atomic E-state index is -0.0206. The van der Waals surface area contributed by atoms with Gasteiger partial charge in [0.05, 0.1) is 4.91 Å². The summed E-state index contributed by atoms with van der Waals surface area (Å²) >= 11 is 8.16. The van der Waals surface area contributed by atoms with E-state index in [-0.39, 0.29) is 5.91 Å². The molecule has 2 heterocycles. The summed E-state index contributed by atoms with van der Waals surface area (Å²) in [4.78, 5) is 15.4. The second-order valence-corrected chi connectivity index (χ2v) is 6.17. The maximum atomic E-state index is 12.0. The molecule has 1 fully saturated rings. The molecule has 0 aromatic carbocycles. The van der Waals surface area contributed by atoms with Gasteiger partial charge in [0.2, 0.25) is 0 Å². The first-order valence-electron chi connectivity index (χ1n) is 5.04. The number of amides is 1. The monoisotopic (exact) mass is 281 g/mol. The Bertz CT molecular complexity index is 516. The van der Waals surface area contributed by atoms with Crippen LogP contribution in [0.4, 0.5) is 0 Å². The Morgan fingerprint density at radius 2 is 2.35 bits per heavy atom. The Balaban J connectivity index is 2.28. The predicted octanol–water partition coefficient (Wildman–Crippen LogP) is 3.44. The molecule has 1 saturated heterocycles. The molecule has 2 rings (SSSR count). The number of nitrogens with zero attached hydrogens (tertiary/aromatic N) is 1. The highest BCUT2D eigenvalue weighted by Gasteiger charge is 2.31. The van der Waals surface area contributed by atoms with E-state index < -0.39 is 0 Å². The number of carbonyl (C=O) groups excluding carboxylic acids is 1. The van der Waals surface area contributed by atoms with Gasteiger partial charge < -0.3 is 0 Å². The molecule has 88 valence electrons. The van der Waals surface area contributed by atoms with Crippen LogP contribution in [0.25, 0.3) is 6.08 Å². The lowest BCUT2D eigenvalue weighted by atomic mass is 10.2. The molecule has 1 aliphatic rings. The van der Waals surface area contributed by atoms with Crippen molar-refractivity contribution in [2.45, 2.75) is 6.92 Å². The van der Waals surface area contributed by atoms with E-state index in [1.54, 1.807) is 22.3 Å². The maximum Gasteiger partial charge on any atom is 0.266 e. The molecule has 2 nitrogen and oxygen atoms in total. The van der Waals surface area contributed by atoms with Gasteiger partial charge in [0.1, 0.15) is 4.32 Å². The SMILES string of the molecule is C=CCN1C(=O)/C(=C\c2sccc2C)SC1=S. The summed E-state index contributed by atoms with van der Waals surface area (Å²) < 4.78 is 0.607. The van der Waals surface area contributed by atoms with E-state index in [4.69, 9.17) is 12.2 Å². The minimum absolute atomic E-state index is 0.0206. The highest BCUT2D eigenvalue weighted by Crippen LogP contribution is 2.33. The maximum absolute atomic E-state index is 12.0. The fourth-order valence-corrected chi connectivity index (χ4v) is 3.63. The lowest BCUT2D eigenvalue weighted by molar-refractivity contribution is -0.121. The van der Waals surface area contributed by atoms with Crippen molar-refractivity contribution >= 4 is 51.6 Å². The van der Waals surface area contributed by atoms with Crippen molar-refractivity contribution in [2.75, 3.05) is 6.54 Å². The second kappa shape index (κ2) is 5.16. The average Bonchev–Trinajstić information content (AvgIpc) is 2.79. The first-order chi connectivity index (χ1) is 8.13. The zero-order chi connectivity index (χ0) is 12.4. The van der Waals surface area contributed by atoms with Crippen LogP contribution >= 0.6 is 35.3 Å². The second-order valence-electron chi connectivity index (χ2n) is 3.55. The average molecular weight is 281 g/mol. The van der Waals surface area contributed by atoms with Crippen LogP contribution in [0.3, 0.4) is 0 Å². The van der Waals surface area contributed by atoms with Crippen LogP contribution in [0.2, 0.25) is 0 Å². The normalized spacial score (nSPS) is 18.2. The first-order valence-corrected chi connectivity index (χ1v) is 7.14. The molecule has 0 saturated carbocycles. The summed E-state index contributed by atoms with van der Waals surface area (Å²) in [5.74, 6) is -0.0206. The molecule has 1 aromatic heterocycles. The third kappa shape index (κ3) is 2.51. The number of thiophene rings is 1. The highest BCUT2D eigenvalue weighted by molar-refractivity contribution is 8.26. The molecular formula is C12H11NOS3. The third-order valence-electron chi connectivity index (χ3n) is 2.35. The van der Waals surface area contributed by atoms with Crippen LogP contribution in [0, 0.1) is 6.92 Å². The molecule has 0 radical (unpaired) electrons. The van der Waals surface area contributed by atoms with Gasteiger partial charge in [-0.2, -0.15) is 0 Å². The lowest BCUT2D eigenvalue weighted by Crippen LogP contribution is -2.27. The van der Waals surface area contributed by atoms with Crippen molar-refractivity contribution in [1.29, 1.82) is 0 Å². The van der Waals surface area contributed by atoms with Gasteiger partial charge in [-0.1, -0.05) is 30.1 Å². The van der Waals surface area contributed by atoms with Crippen LogP contribution in [-0.2, 0) is 4.79 Å². The van der Waals surface area contributed by atoms with E-state index in [1.807, 2.05) is 24.4 Å². The van der Waals surface area contributed by atoms with Crippen LogP contribution < -0.4 is 0 Å². The van der Waals surface area contributed by atoms with Crippen molar-refractivity contribution in [3.8, 4) is 0 Å². The smallest absolute Gasteiger partial charge is 0.266 e. The quantitative estimate of drug-likeness (QED) is 0.481. The Hall–Kier alpha value is -0.910. The van der Waals surface area contributed by atoms with E-state index in [9.17, 15) is 4.79 Å². The Labute approximate surface area is 114 Å². The summed E-state index contributed by atoms with van der Waals surface area (Å²) in [5, 5.41) is 2.02. The van der Waals surface area contributed by atoms with Crippen molar-refractivity contribution < 1.29 is 4.79 Å². The van der Waals surface area contributed by atoms with E-state index in [0.29, 0.717) is 15.8 Å². The molecule has 0 aliphatic carbocycles. The molecular weight excluding hydrogens is 270 g/mol. The summed E-state index contributed by atoms with van der Waals surface area (Å²) in [6.07, 6.45) is 3.60. The summed E-state index contributed by atoms with van der Waals surface area (Å²) in [6.45, 7) is 6.14. The van der Waals surface area contributed by atoms with Gasteiger partial charge in [0.25, 0.3) is 5.91 Å². The largest absolute Gasteiger partial charge is 0.289 e. The number of aryl methyl sites for hydroxylation is 1. The van der Waals surface area contributed by atoms with E-state index in [0.717, 1.165) is 4.88 Å². The van der Waals surface area contributed by atoms with Gasteiger partial charge >= 0.3 is 0 Å². The van der Waals surface area contributed by atoms with Crippen LogP contribution in [0.5, 0.6) is 0 Å². The van der Waals surface area contributed by atoms with Gasteiger partial charge in [-0.05, 0) is 30.0 Å². The number of thioether (sulfide) groups is 1. The number of thiocarbonyl (C=S) groups is 1. The van der Waals surface area contributed by atoms with Crippen LogP contribution in [-0.4, -0.2) is 21.7 Å². The van der Waals surface area contributed by atoms with Crippen LogP contribution in [0.1, 0.15) is 10.4 Å². The fourth-order valence-electron chi connectivity index (χ4n) is 1.44. The minimum Gasteiger partial charge on any atom is -0.289 e. The number of rotatable bonds is 3. The van der Waals surface area contributed by atoms with Gasteiger partial charge in [-0.15, -0.1) is 17.9 Å². The van der Waals surface area contributed by atoms with Gasteiger partial charge in [0.15, 0.2) is 0 Å². The summed E-state index contributed by atoms with van der Waals surface area (Å²) in [6, 6.07) is 2.04. The summed E-state index contributed by atoms with van der Waals surface area (Å²) in [5.41, 5.74) is 1.18. The summed E-state index contributed by atoms with van der Waals surface area (Å²) in [7, 11) is 0. The molecule has 5 heteroatoms. The Morgan fingerprint density at radius 1 is 1.59 bits per heavy atom. The van der Waals surface area contributed by atoms with Crippen molar-refractivity contribution in [2.24, 2.45) is 0 Å².